The number of rotatable bonds is 12. The smallest absolute Gasteiger partial charge is 0.580 e. The summed E-state index contributed by atoms with van der Waals surface area (Å²) in [7, 11) is 0. The molecule has 0 aromatic rings. The monoisotopic (exact) mass is 366 g/mol. The Morgan fingerprint density at radius 3 is 1.08 bits per heavy atom. The van der Waals surface area contributed by atoms with Crippen molar-refractivity contribution in [2.45, 2.75) is 60.8 Å². The van der Waals surface area contributed by atoms with Crippen molar-refractivity contribution in [3.8, 4) is 0 Å². The van der Waals surface area contributed by atoms with Gasteiger partial charge in [0.2, 0.25) is 0 Å². The predicted molar refractivity (Wildman–Crippen MR) is 96.2 cm³/mol. The quantitative estimate of drug-likeness (QED) is 0.298. The van der Waals surface area contributed by atoms with E-state index in [1.54, 1.807) is 41.5 Å². The molecule has 0 amide bonds. The van der Waals surface area contributed by atoms with Gasteiger partial charge < -0.3 is 11.4 Å². The molecule has 0 aromatic carbocycles. The number of hydrogen-bond donors (Lipinski definition) is 0. The first-order valence-corrected chi connectivity index (χ1v) is 9.76. The van der Waals surface area contributed by atoms with Gasteiger partial charge in [-0.3, -0.25) is 14.4 Å². The molecule has 0 rings (SSSR count). The van der Waals surface area contributed by atoms with Gasteiger partial charge in [0.05, 0.1) is 17.3 Å². The Morgan fingerprint density at radius 1 is 0.640 bits per heavy atom. The lowest BCUT2D eigenvalue weighted by atomic mass is 10.3. The van der Waals surface area contributed by atoms with Crippen LogP contribution in [-0.2, 0) is 25.7 Å². The van der Waals surface area contributed by atoms with Crippen molar-refractivity contribution < 1.29 is 25.7 Å². The highest BCUT2D eigenvalue weighted by molar-refractivity contribution is 6.37. The first-order valence-electron chi connectivity index (χ1n) is 8.35. The molecule has 0 N–H and O–H groups in total. The molecule has 0 heterocycles. The molecule has 0 unspecified atom stereocenters. The highest BCUT2D eigenvalue weighted by Crippen LogP contribution is 2.12. The van der Waals surface area contributed by atoms with E-state index in [1.807, 2.05) is 0 Å². The van der Waals surface area contributed by atoms with E-state index in [1.165, 1.54) is 18.2 Å². The molecule has 0 spiro atoms. The standard InChI is InChI=1S/3C6H10O2.Al/c3*1-3-6(8)4-5(2)7;/h3*4,7H,3H2,1-2H3;/q;;;+3/p-3/b3*5-4-;. The van der Waals surface area contributed by atoms with Gasteiger partial charge in [0.1, 0.15) is 0 Å². The maximum atomic E-state index is 11.5. The number of carbonyl (C=O) groups is 3. The third-order valence-electron chi connectivity index (χ3n) is 2.98. The molecule has 0 aromatic heterocycles. The minimum Gasteiger partial charge on any atom is -0.580 e. The second-order valence-electron chi connectivity index (χ2n) is 5.37. The normalized spacial score (nSPS) is 12.5. The van der Waals surface area contributed by atoms with Crippen molar-refractivity contribution in [2.75, 3.05) is 0 Å². The van der Waals surface area contributed by atoms with Crippen LogP contribution in [0.4, 0.5) is 0 Å². The van der Waals surface area contributed by atoms with Crippen molar-refractivity contribution in [3.05, 3.63) is 35.5 Å². The topological polar surface area (TPSA) is 78.9 Å². The lowest BCUT2D eigenvalue weighted by Crippen LogP contribution is -2.26. The molecule has 138 valence electrons. The third kappa shape index (κ3) is 11.4. The Hall–Kier alpha value is -1.84. The van der Waals surface area contributed by atoms with Crippen LogP contribution in [0.5, 0.6) is 0 Å². The first kappa shape index (κ1) is 23.2. The fraction of sp³-hybridized carbons (Fsp3) is 0.500. The average Bonchev–Trinajstić information content (AvgIpc) is 2.53. The van der Waals surface area contributed by atoms with Crippen molar-refractivity contribution in [2.24, 2.45) is 0 Å². The molecule has 6 nitrogen and oxygen atoms in total. The van der Waals surface area contributed by atoms with Crippen molar-refractivity contribution in [1.82, 2.24) is 0 Å². The van der Waals surface area contributed by atoms with Gasteiger partial charge in [0.25, 0.3) is 0 Å². The van der Waals surface area contributed by atoms with E-state index in [-0.39, 0.29) is 17.3 Å². The summed E-state index contributed by atoms with van der Waals surface area (Å²) in [5.74, 6) is 0.875. The van der Waals surface area contributed by atoms with Gasteiger partial charge in [-0.25, -0.2) is 0 Å². The second-order valence-corrected chi connectivity index (χ2v) is 6.65. The number of hydrogen-bond acceptors (Lipinski definition) is 6. The molecular weight excluding hydrogens is 339 g/mol. The lowest BCUT2D eigenvalue weighted by molar-refractivity contribution is -0.115. The van der Waals surface area contributed by atoms with Crippen LogP contribution in [-0.4, -0.2) is 32.5 Å². The second kappa shape index (κ2) is 12.5. The molecule has 0 atom stereocenters. The fourth-order valence-corrected chi connectivity index (χ4v) is 2.88. The Morgan fingerprint density at radius 2 is 0.880 bits per heavy atom. The van der Waals surface area contributed by atoms with E-state index >= 15 is 0 Å². The SMILES string of the molecule is CCC(=O)/C=C(/C)[O][Al]([O]/C(C)=C\C(=O)CC)[O]/C(C)=C\C(=O)CC. The van der Waals surface area contributed by atoms with Gasteiger partial charge in [0.15, 0.2) is 17.3 Å². The Balaban J connectivity index is 5.23. The summed E-state index contributed by atoms with van der Waals surface area (Å²) >= 11 is -2.78. The highest BCUT2D eigenvalue weighted by Gasteiger charge is 2.44. The molecule has 0 radical (unpaired) electrons. The molecule has 0 bridgehead atoms. The lowest BCUT2D eigenvalue weighted by Gasteiger charge is -2.17. The van der Waals surface area contributed by atoms with Crippen LogP contribution in [0.2, 0.25) is 0 Å². The summed E-state index contributed by atoms with van der Waals surface area (Å²) in [5, 5.41) is 0. The Bertz CT molecular complexity index is 493. The molecule has 0 aliphatic heterocycles. The minimum absolute atomic E-state index is 0.0768. The number of carbonyl (C=O) groups excluding carboxylic acids is 3. The summed E-state index contributed by atoms with van der Waals surface area (Å²) < 4.78 is 16.9. The molecule has 0 saturated carbocycles. The van der Waals surface area contributed by atoms with E-state index in [4.69, 9.17) is 11.4 Å². The summed E-state index contributed by atoms with van der Waals surface area (Å²) in [4.78, 5) is 34.4. The minimum atomic E-state index is -2.78. The number of ketones is 3. The van der Waals surface area contributed by atoms with Gasteiger partial charge in [-0.05, 0) is 20.8 Å². The predicted octanol–water partition coefficient (Wildman–Crippen LogP) is 3.67. The maximum Gasteiger partial charge on any atom is 1.20 e. The Labute approximate surface area is 154 Å². The van der Waals surface area contributed by atoms with Crippen LogP contribution < -0.4 is 0 Å². The Kier molecular flexibility index (Phi) is 11.6. The van der Waals surface area contributed by atoms with Crippen LogP contribution >= 0.6 is 0 Å². The van der Waals surface area contributed by atoms with E-state index in [2.05, 4.69) is 0 Å². The van der Waals surface area contributed by atoms with Crippen molar-refractivity contribution in [1.29, 1.82) is 0 Å². The van der Waals surface area contributed by atoms with Gasteiger partial charge in [-0.1, -0.05) is 20.8 Å². The zero-order valence-electron chi connectivity index (χ0n) is 15.9. The largest absolute Gasteiger partial charge is 1.20 e. The molecule has 0 saturated heterocycles. The molecule has 0 aliphatic rings. The zero-order chi connectivity index (χ0) is 19.4. The van der Waals surface area contributed by atoms with E-state index in [0.29, 0.717) is 36.5 Å². The van der Waals surface area contributed by atoms with Crippen LogP contribution in [0.25, 0.3) is 0 Å². The molecule has 0 aliphatic carbocycles. The molecule has 7 heteroatoms. The van der Waals surface area contributed by atoms with E-state index in [0.717, 1.165) is 0 Å². The van der Waals surface area contributed by atoms with Crippen LogP contribution in [0.15, 0.2) is 35.5 Å². The molecule has 0 fully saturated rings. The molecule has 25 heavy (non-hydrogen) atoms. The summed E-state index contributed by atoms with van der Waals surface area (Å²) in [5.41, 5.74) is 0. The highest BCUT2D eigenvalue weighted by atomic mass is 27.3. The van der Waals surface area contributed by atoms with Crippen LogP contribution in [0.1, 0.15) is 60.8 Å². The van der Waals surface area contributed by atoms with Crippen LogP contribution in [0, 0.1) is 0 Å². The van der Waals surface area contributed by atoms with Gasteiger partial charge in [-0.2, -0.15) is 0 Å². The average molecular weight is 366 g/mol. The summed E-state index contributed by atoms with van der Waals surface area (Å²) in [6.07, 6.45) is 5.21. The van der Waals surface area contributed by atoms with E-state index in [9.17, 15) is 14.4 Å². The third-order valence-corrected chi connectivity index (χ3v) is 4.68. The van der Waals surface area contributed by atoms with E-state index < -0.39 is 15.1 Å². The fourth-order valence-electron chi connectivity index (χ4n) is 1.62. The zero-order valence-corrected chi connectivity index (χ0v) is 17.0. The van der Waals surface area contributed by atoms with Crippen molar-refractivity contribution >= 4 is 32.5 Å². The molecular formula is C18H27AlO6. The number of allylic oxidation sites excluding steroid dienone is 6. The maximum absolute atomic E-state index is 11.5. The van der Waals surface area contributed by atoms with Crippen LogP contribution in [0.3, 0.4) is 0 Å². The van der Waals surface area contributed by atoms with Gasteiger partial charge in [-0.15, -0.1) is 0 Å². The summed E-state index contributed by atoms with van der Waals surface area (Å²) in [6, 6.07) is 0. The summed E-state index contributed by atoms with van der Waals surface area (Å²) in [6.45, 7) is 10.1. The van der Waals surface area contributed by atoms with Gasteiger partial charge in [0, 0.05) is 37.5 Å². The van der Waals surface area contributed by atoms with Gasteiger partial charge >= 0.3 is 15.1 Å². The van der Waals surface area contributed by atoms with Crippen molar-refractivity contribution in [3.63, 3.8) is 0 Å². The first-order chi connectivity index (χ1) is 11.7.